The zero-order valence-electron chi connectivity index (χ0n) is 19.4. The lowest BCUT2D eigenvalue weighted by molar-refractivity contribution is -0.384. The van der Waals surface area contributed by atoms with Gasteiger partial charge in [0.2, 0.25) is 0 Å². The van der Waals surface area contributed by atoms with E-state index in [-0.39, 0.29) is 17.9 Å². The second-order valence-corrected chi connectivity index (χ2v) is 8.39. The molecule has 1 heterocycles. The van der Waals surface area contributed by atoms with Crippen LogP contribution < -0.4 is 14.9 Å². The number of hydrogen-bond donors (Lipinski definition) is 1. The molecule has 2 aromatic carbocycles. The van der Waals surface area contributed by atoms with Gasteiger partial charge in [0.05, 0.1) is 16.0 Å². The first-order valence-corrected chi connectivity index (χ1v) is 11.4. The van der Waals surface area contributed by atoms with E-state index in [0.717, 1.165) is 17.0 Å². The fourth-order valence-electron chi connectivity index (χ4n) is 3.27. The minimum atomic E-state index is -0.539. The van der Waals surface area contributed by atoms with Crippen molar-refractivity contribution in [3.63, 3.8) is 0 Å². The zero-order valence-corrected chi connectivity index (χ0v) is 21.0. The SMILES string of the molecule is CCOc1cc(/C=C(/C#N)C(=O)Nn2c(C)ccc2C)cc(Br)c1OCc1ccc([N+](=O)[O-])cc1. The Morgan fingerprint density at radius 1 is 1.17 bits per heavy atom. The maximum absolute atomic E-state index is 12.7. The van der Waals surface area contributed by atoms with Crippen LogP contribution in [-0.4, -0.2) is 22.1 Å². The Morgan fingerprint density at radius 2 is 1.83 bits per heavy atom. The summed E-state index contributed by atoms with van der Waals surface area (Å²) in [6.07, 6.45) is 1.47. The van der Waals surface area contributed by atoms with Crippen LogP contribution >= 0.6 is 15.9 Å². The van der Waals surface area contributed by atoms with Crippen LogP contribution in [0.5, 0.6) is 11.5 Å². The highest BCUT2D eigenvalue weighted by Gasteiger charge is 2.16. The minimum absolute atomic E-state index is 0.000469. The van der Waals surface area contributed by atoms with Crippen LogP contribution in [-0.2, 0) is 11.4 Å². The number of aryl methyl sites for hydroxylation is 2. The second-order valence-electron chi connectivity index (χ2n) is 7.54. The molecule has 180 valence electrons. The molecule has 35 heavy (non-hydrogen) atoms. The third-order valence-corrected chi connectivity index (χ3v) is 5.61. The Hall–Kier alpha value is -4.10. The van der Waals surface area contributed by atoms with Gasteiger partial charge in [0.15, 0.2) is 11.5 Å². The number of rotatable bonds is 9. The number of nitrogens with zero attached hydrogens (tertiary/aromatic N) is 3. The Kier molecular flexibility index (Phi) is 8.28. The quantitative estimate of drug-likeness (QED) is 0.168. The summed E-state index contributed by atoms with van der Waals surface area (Å²) in [5.74, 6) is 0.316. The Labute approximate surface area is 210 Å². The van der Waals surface area contributed by atoms with E-state index in [1.165, 1.54) is 18.2 Å². The highest BCUT2D eigenvalue weighted by molar-refractivity contribution is 9.10. The van der Waals surface area contributed by atoms with Gasteiger partial charge in [0, 0.05) is 23.5 Å². The van der Waals surface area contributed by atoms with Gasteiger partial charge in [-0.15, -0.1) is 0 Å². The van der Waals surface area contributed by atoms with E-state index in [2.05, 4.69) is 21.4 Å². The molecule has 0 saturated carbocycles. The topological polar surface area (TPSA) is 119 Å². The van der Waals surface area contributed by atoms with Gasteiger partial charge >= 0.3 is 0 Å². The van der Waals surface area contributed by atoms with Crippen molar-refractivity contribution in [2.45, 2.75) is 27.4 Å². The summed E-state index contributed by atoms with van der Waals surface area (Å²) in [5, 5.41) is 20.4. The normalized spacial score (nSPS) is 11.0. The molecular formula is C25H23BrN4O5. The fraction of sp³-hybridized carbons (Fsp3) is 0.200. The van der Waals surface area contributed by atoms with Crippen molar-refractivity contribution in [3.8, 4) is 17.6 Å². The molecule has 1 amide bonds. The molecule has 1 aromatic heterocycles. The van der Waals surface area contributed by atoms with Crippen LogP contribution in [0.2, 0.25) is 0 Å². The van der Waals surface area contributed by atoms with Crippen LogP contribution in [0.25, 0.3) is 6.08 Å². The predicted molar refractivity (Wildman–Crippen MR) is 135 cm³/mol. The van der Waals surface area contributed by atoms with Crippen LogP contribution in [0.1, 0.15) is 29.4 Å². The number of nitrogens with one attached hydrogen (secondary N) is 1. The maximum atomic E-state index is 12.7. The number of carbonyl (C=O) groups excluding carboxylic acids is 1. The van der Waals surface area contributed by atoms with Crippen molar-refractivity contribution >= 4 is 33.6 Å². The first kappa shape index (κ1) is 25.5. The summed E-state index contributed by atoms with van der Waals surface area (Å²) in [5.41, 5.74) is 5.63. The average Bonchev–Trinajstić information content (AvgIpc) is 3.14. The van der Waals surface area contributed by atoms with E-state index >= 15 is 0 Å². The molecule has 0 spiro atoms. The van der Waals surface area contributed by atoms with Crippen molar-refractivity contribution in [1.82, 2.24) is 4.68 Å². The summed E-state index contributed by atoms with van der Waals surface area (Å²) in [6.45, 7) is 6.05. The minimum Gasteiger partial charge on any atom is -0.490 e. The second kappa shape index (κ2) is 11.4. The molecule has 0 aliphatic rings. The molecule has 3 aromatic rings. The molecule has 0 fully saturated rings. The van der Waals surface area contributed by atoms with Crippen LogP contribution in [0.4, 0.5) is 5.69 Å². The van der Waals surface area contributed by atoms with Crippen molar-refractivity contribution in [2.75, 3.05) is 12.0 Å². The number of non-ortho nitro benzene ring substituents is 1. The summed E-state index contributed by atoms with van der Waals surface area (Å²) in [6, 6.07) is 15.1. The van der Waals surface area contributed by atoms with E-state index in [4.69, 9.17) is 9.47 Å². The van der Waals surface area contributed by atoms with Crippen molar-refractivity contribution in [3.05, 3.63) is 91.2 Å². The van der Waals surface area contributed by atoms with Gasteiger partial charge in [-0.1, -0.05) is 0 Å². The van der Waals surface area contributed by atoms with E-state index in [1.54, 1.807) is 28.9 Å². The maximum Gasteiger partial charge on any atom is 0.280 e. The average molecular weight is 539 g/mol. The molecular weight excluding hydrogens is 516 g/mol. The van der Waals surface area contributed by atoms with Gasteiger partial charge in [-0.05, 0) is 90.3 Å². The summed E-state index contributed by atoms with van der Waals surface area (Å²) in [7, 11) is 0. The van der Waals surface area contributed by atoms with Crippen LogP contribution in [0.15, 0.2) is 58.6 Å². The van der Waals surface area contributed by atoms with Crippen molar-refractivity contribution < 1.29 is 19.2 Å². The Morgan fingerprint density at radius 3 is 2.40 bits per heavy atom. The third kappa shape index (κ3) is 6.28. The number of nitriles is 1. The van der Waals surface area contributed by atoms with E-state index in [1.807, 2.05) is 39.0 Å². The van der Waals surface area contributed by atoms with Gasteiger partial charge in [0.25, 0.3) is 11.6 Å². The van der Waals surface area contributed by atoms with Gasteiger partial charge in [-0.3, -0.25) is 25.0 Å². The Balaban J connectivity index is 1.84. The first-order valence-electron chi connectivity index (χ1n) is 10.6. The first-order chi connectivity index (χ1) is 16.7. The summed E-state index contributed by atoms with van der Waals surface area (Å²) < 4.78 is 13.8. The Bertz CT molecular complexity index is 1300. The standard InChI is InChI=1S/C25H23BrN4O5/c1-4-34-23-13-19(11-20(14-27)25(31)28-29-16(2)5-6-17(29)3)12-22(26)24(23)35-15-18-7-9-21(10-8-18)30(32)33/h5-13H,4,15H2,1-3H3,(H,28,31)/b20-11-. The van der Waals surface area contributed by atoms with E-state index in [0.29, 0.717) is 28.1 Å². The number of aromatic nitrogens is 1. The lowest BCUT2D eigenvalue weighted by Gasteiger charge is -2.15. The van der Waals surface area contributed by atoms with Crippen LogP contribution in [0, 0.1) is 35.3 Å². The summed E-state index contributed by atoms with van der Waals surface area (Å²) in [4.78, 5) is 23.1. The monoisotopic (exact) mass is 538 g/mol. The molecule has 0 saturated heterocycles. The number of amides is 1. The van der Waals surface area contributed by atoms with E-state index < -0.39 is 10.8 Å². The number of ether oxygens (including phenoxy) is 2. The van der Waals surface area contributed by atoms with Crippen molar-refractivity contribution in [2.24, 2.45) is 0 Å². The molecule has 0 aliphatic heterocycles. The molecule has 1 N–H and O–H groups in total. The molecule has 0 atom stereocenters. The lowest BCUT2D eigenvalue weighted by Crippen LogP contribution is -2.25. The number of halogens is 1. The van der Waals surface area contributed by atoms with Crippen LogP contribution in [0.3, 0.4) is 0 Å². The molecule has 0 aliphatic carbocycles. The molecule has 9 nitrogen and oxygen atoms in total. The molecule has 0 unspecified atom stereocenters. The molecule has 0 radical (unpaired) electrons. The lowest BCUT2D eigenvalue weighted by atomic mass is 10.1. The smallest absolute Gasteiger partial charge is 0.280 e. The number of carbonyl (C=O) groups is 1. The molecule has 0 bridgehead atoms. The largest absolute Gasteiger partial charge is 0.490 e. The molecule has 3 rings (SSSR count). The fourth-order valence-corrected chi connectivity index (χ4v) is 3.84. The molecule has 10 heteroatoms. The number of nitro benzene ring substituents is 1. The number of nitro groups is 1. The highest BCUT2D eigenvalue weighted by Crippen LogP contribution is 2.38. The number of benzene rings is 2. The summed E-state index contributed by atoms with van der Waals surface area (Å²) >= 11 is 3.48. The third-order valence-electron chi connectivity index (χ3n) is 5.02. The van der Waals surface area contributed by atoms with Gasteiger partial charge in [0.1, 0.15) is 18.2 Å². The zero-order chi connectivity index (χ0) is 25.5. The predicted octanol–water partition coefficient (Wildman–Crippen LogP) is 5.43. The van der Waals surface area contributed by atoms with Gasteiger partial charge < -0.3 is 9.47 Å². The van der Waals surface area contributed by atoms with Crippen molar-refractivity contribution in [1.29, 1.82) is 5.26 Å². The van der Waals surface area contributed by atoms with Gasteiger partial charge in [-0.2, -0.15) is 5.26 Å². The highest BCUT2D eigenvalue weighted by atomic mass is 79.9. The number of hydrogen-bond acceptors (Lipinski definition) is 6. The van der Waals surface area contributed by atoms with E-state index in [9.17, 15) is 20.2 Å². The van der Waals surface area contributed by atoms with Gasteiger partial charge in [-0.25, -0.2) is 0 Å².